The molecule has 1 atom stereocenters. The molecule has 3 aliphatic rings. The molecule has 2 fully saturated rings. The van der Waals surface area contributed by atoms with Crippen molar-refractivity contribution in [3.05, 3.63) is 42.1 Å². The van der Waals surface area contributed by atoms with Gasteiger partial charge in [-0.05, 0) is 49.9 Å². The van der Waals surface area contributed by atoms with Gasteiger partial charge >= 0.3 is 0 Å². The third-order valence-electron chi connectivity index (χ3n) is 7.29. The number of hydrogen-bond donors (Lipinski definition) is 1. The van der Waals surface area contributed by atoms with E-state index in [-0.39, 0.29) is 24.0 Å². The maximum Gasteiger partial charge on any atom is 0.230 e. The predicted octanol–water partition coefficient (Wildman–Crippen LogP) is 3.73. The molecule has 3 heterocycles. The molecular weight excluding hydrogens is 432 g/mol. The Morgan fingerprint density at radius 3 is 2.85 bits per heavy atom. The summed E-state index contributed by atoms with van der Waals surface area (Å²) in [6.07, 6.45) is 5.61. The molecule has 0 radical (unpaired) electrons. The number of ether oxygens (including phenoxy) is 3. The van der Waals surface area contributed by atoms with Crippen molar-refractivity contribution in [2.45, 2.75) is 44.4 Å². The van der Waals surface area contributed by atoms with Crippen molar-refractivity contribution >= 4 is 28.8 Å². The van der Waals surface area contributed by atoms with Gasteiger partial charge in [-0.2, -0.15) is 0 Å². The fraction of sp³-hybridized carbons (Fsp3) is 0.538. The Morgan fingerprint density at radius 2 is 2.06 bits per heavy atom. The first-order chi connectivity index (χ1) is 16.7. The fourth-order valence-corrected chi connectivity index (χ4v) is 5.38. The minimum Gasteiger partial charge on any atom is -0.382 e. The number of rotatable bonds is 5. The Bertz CT molecular complexity index is 1010. The number of hydrogen-bond acceptors (Lipinski definition) is 7. The molecule has 2 aliphatic heterocycles. The molecule has 1 N–H and O–H groups in total. The molecule has 1 amide bonds. The lowest BCUT2D eigenvalue weighted by Crippen LogP contribution is -2.48. The third kappa shape index (κ3) is 4.62. The molecule has 8 heteroatoms. The third-order valence-corrected chi connectivity index (χ3v) is 7.29. The standard InChI is InChI=1S/C26H34N4O4/c1-32-16-21-17-34-13-12-29(21)20-7-10-23-24(14-20)30(15-19-4-3-11-27-25(19)28-23)26(31)18-5-8-22(33-2)9-6-18/h3-4,7,10-11,14,18,21-22H,5-6,8-9,12-13,15-17H2,1-2H3,(H,27,28). The highest BCUT2D eigenvalue weighted by Gasteiger charge is 2.33. The zero-order chi connectivity index (χ0) is 23.5. The van der Waals surface area contributed by atoms with Crippen LogP contribution in [0, 0.1) is 5.92 Å². The zero-order valence-electron chi connectivity index (χ0n) is 20.0. The number of carbonyl (C=O) groups excluding carboxylic acids is 1. The fourth-order valence-electron chi connectivity index (χ4n) is 5.38. The van der Waals surface area contributed by atoms with Gasteiger partial charge in [0.05, 0.1) is 49.9 Å². The Labute approximate surface area is 201 Å². The van der Waals surface area contributed by atoms with E-state index in [1.54, 1.807) is 20.4 Å². The van der Waals surface area contributed by atoms with E-state index in [9.17, 15) is 4.79 Å². The number of pyridine rings is 1. The van der Waals surface area contributed by atoms with Crippen LogP contribution in [-0.2, 0) is 25.5 Å². The van der Waals surface area contributed by atoms with Gasteiger partial charge in [0.25, 0.3) is 0 Å². The van der Waals surface area contributed by atoms with Gasteiger partial charge in [0.2, 0.25) is 5.91 Å². The molecule has 1 saturated heterocycles. The molecule has 0 bridgehead atoms. The van der Waals surface area contributed by atoms with Crippen LogP contribution in [0.1, 0.15) is 31.2 Å². The van der Waals surface area contributed by atoms with Crippen molar-refractivity contribution in [1.29, 1.82) is 0 Å². The quantitative estimate of drug-likeness (QED) is 0.720. The average Bonchev–Trinajstić information content (AvgIpc) is 3.05. The van der Waals surface area contributed by atoms with Crippen molar-refractivity contribution in [3.63, 3.8) is 0 Å². The Kier molecular flexibility index (Phi) is 6.99. The molecule has 5 rings (SSSR count). The molecule has 1 aromatic carbocycles. The number of amides is 1. The van der Waals surface area contributed by atoms with Gasteiger partial charge in [0, 0.05) is 44.1 Å². The van der Waals surface area contributed by atoms with E-state index in [0.717, 1.165) is 60.7 Å². The predicted molar refractivity (Wildman–Crippen MR) is 132 cm³/mol. The van der Waals surface area contributed by atoms with Crippen molar-refractivity contribution in [2.24, 2.45) is 5.92 Å². The average molecular weight is 467 g/mol. The monoisotopic (exact) mass is 466 g/mol. The van der Waals surface area contributed by atoms with E-state index in [1.165, 1.54) is 0 Å². The first kappa shape index (κ1) is 23.1. The summed E-state index contributed by atoms with van der Waals surface area (Å²) in [5, 5.41) is 3.48. The van der Waals surface area contributed by atoms with E-state index in [4.69, 9.17) is 14.2 Å². The summed E-state index contributed by atoms with van der Waals surface area (Å²) in [6, 6.07) is 10.4. The van der Waals surface area contributed by atoms with Crippen molar-refractivity contribution in [3.8, 4) is 0 Å². The summed E-state index contributed by atoms with van der Waals surface area (Å²) in [5.41, 5.74) is 3.89. The van der Waals surface area contributed by atoms with E-state index in [1.807, 2.05) is 17.0 Å². The molecule has 34 heavy (non-hydrogen) atoms. The van der Waals surface area contributed by atoms with Crippen LogP contribution >= 0.6 is 0 Å². The highest BCUT2D eigenvalue weighted by Crippen LogP contribution is 2.40. The Morgan fingerprint density at radius 1 is 1.21 bits per heavy atom. The SMILES string of the molecule is COCC1COCCN1c1ccc2c(c1)N(C(=O)C1CCC(OC)CC1)Cc1cccnc1N2. The van der Waals surface area contributed by atoms with E-state index >= 15 is 0 Å². The van der Waals surface area contributed by atoms with Crippen LogP contribution in [0.4, 0.5) is 22.9 Å². The van der Waals surface area contributed by atoms with Crippen LogP contribution in [0.25, 0.3) is 0 Å². The van der Waals surface area contributed by atoms with Crippen molar-refractivity contribution < 1.29 is 19.0 Å². The number of anilines is 4. The minimum atomic E-state index is 0.00533. The number of aromatic nitrogens is 1. The van der Waals surface area contributed by atoms with Crippen LogP contribution in [-0.4, -0.2) is 63.6 Å². The lowest BCUT2D eigenvalue weighted by atomic mass is 9.86. The number of nitrogens with one attached hydrogen (secondary N) is 1. The lowest BCUT2D eigenvalue weighted by Gasteiger charge is -2.38. The molecular formula is C26H34N4O4. The highest BCUT2D eigenvalue weighted by atomic mass is 16.5. The molecule has 2 aromatic rings. The summed E-state index contributed by atoms with van der Waals surface area (Å²) in [7, 11) is 3.48. The Hall–Kier alpha value is -2.68. The summed E-state index contributed by atoms with van der Waals surface area (Å²) in [4.78, 5) is 22.7. The smallest absolute Gasteiger partial charge is 0.230 e. The number of carbonyl (C=O) groups is 1. The molecule has 1 unspecified atom stereocenters. The van der Waals surface area contributed by atoms with Gasteiger partial charge in [-0.15, -0.1) is 0 Å². The van der Waals surface area contributed by atoms with Crippen LogP contribution in [0.3, 0.4) is 0 Å². The second kappa shape index (κ2) is 10.3. The van der Waals surface area contributed by atoms with Crippen LogP contribution in [0.5, 0.6) is 0 Å². The van der Waals surface area contributed by atoms with Gasteiger partial charge in [0.15, 0.2) is 0 Å². The topological polar surface area (TPSA) is 76.2 Å². The van der Waals surface area contributed by atoms with Crippen molar-refractivity contribution in [1.82, 2.24) is 4.98 Å². The largest absolute Gasteiger partial charge is 0.382 e. The lowest BCUT2D eigenvalue weighted by molar-refractivity contribution is -0.124. The molecule has 1 saturated carbocycles. The molecule has 1 aromatic heterocycles. The van der Waals surface area contributed by atoms with E-state index < -0.39 is 0 Å². The number of benzene rings is 1. The minimum absolute atomic E-state index is 0.00533. The van der Waals surface area contributed by atoms with Gasteiger partial charge in [-0.25, -0.2) is 4.98 Å². The highest BCUT2D eigenvalue weighted by molar-refractivity contribution is 6.00. The van der Waals surface area contributed by atoms with Gasteiger partial charge in [-0.1, -0.05) is 6.07 Å². The summed E-state index contributed by atoms with van der Waals surface area (Å²) >= 11 is 0. The number of fused-ring (bicyclic) bond motifs is 2. The van der Waals surface area contributed by atoms with Crippen LogP contribution in [0.2, 0.25) is 0 Å². The zero-order valence-corrected chi connectivity index (χ0v) is 20.0. The number of morpholine rings is 1. The second-order valence-electron chi connectivity index (χ2n) is 9.35. The normalized spacial score (nSPS) is 24.6. The number of methoxy groups -OCH3 is 2. The number of nitrogens with zero attached hydrogens (tertiary/aromatic N) is 3. The molecule has 8 nitrogen and oxygen atoms in total. The Balaban J connectivity index is 1.49. The first-order valence-corrected chi connectivity index (χ1v) is 12.2. The van der Waals surface area contributed by atoms with E-state index in [0.29, 0.717) is 26.4 Å². The molecule has 182 valence electrons. The molecule has 1 aliphatic carbocycles. The maximum absolute atomic E-state index is 13.9. The van der Waals surface area contributed by atoms with Crippen molar-refractivity contribution in [2.75, 3.05) is 55.7 Å². The molecule has 0 spiro atoms. The van der Waals surface area contributed by atoms with Crippen LogP contribution in [0.15, 0.2) is 36.5 Å². The summed E-state index contributed by atoms with van der Waals surface area (Å²) < 4.78 is 16.7. The second-order valence-corrected chi connectivity index (χ2v) is 9.35. The first-order valence-electron chi connectivity index (χ1n) is 12.2. The van der Waals surface area contributed by atoms with Crippen LogP contribution < -0.4 is 15.1 Å². The summed E-state index contributed by atoms with van der Waals surface area (Å²) in [5.74, 6) is 0.992. The van der Waals surface area contributed by atoms with Gasteiger partial charge < -0.3 is 29.3 Å². The van der Waals surface area contributed by atoms with E-state index in [2.05, 4.69) is 33.4 Å². The summed E-state index contributed by atoms with van der Waals surface area (Å²) in [6.45, 7) is 3.19. The van der Waals surface area contributed by atoms with Gasteiger partial charge in [0.1, 0.15) is 5.82 Å². The van der Waals surface area contributed by atoms with Gasteiger partial charge in [-0.3, -0.25) is 4.79 Å². The maximum atomic E-state index is 13.9.